The molecule has 45 heavy (non-hydrogen) atoms. The third-order valence-electron chi connectivity index (χ3n) is 8.06. The van der Waals surface area contributed by atoms with E-state index in [-0.39, 0.29) is 42.5 Å². The topological polar surface area (TPSA) is 112 Å². The number of ether oxygens (including phenoxy) is 3. The van der Waals surface area contributed by atoms with Crippen LogP contribution in [0.5, 0.6) is 11.5 Å². The van der Waals surface area contributed by atoms with Gasteiger partial charge in [-0.15, -0.1) is 0 Å². The molecule has 4 aromatic rings. The van der Waals surface area contributed by atoms with E-state index < -0.39 is 23.3 Å². The third-order valence-corrected chi connectivity index (χ3v) is 8.06. The van der Waals surface area contributed by atoms with Crippen molar-refractivity contribution in [3.8, 4) is 22.8 Å². The molecule has 0 radical (unpaired) electrons. The van der Waals surface area contributed by atoms with Crippen LogP contribution in [0, 0.1) is 5.82 Å². The molecule has 6 rings (SSSR count). The van der Waals surface area contributed by atoms with Gasteiger partial charge in [-0.25, -0.2) is 9.37 Å². The van der Waals surface area contributed by atoms with Crippen molar-refractivity contribution in [3.05, 3.63) is 59.7 Å². The van der Waals surface area contributed by atoms with Crippen LogP contribution >= 0.6 is 0 Å². The number of amides is 1. The monoisotopic (exact) mass is 629 g/mol. The highest BCUT2D eigenvalue weighted by molar-refractivity contribution is 5.91. The highest BCUT2D eigenvalue weighted by atomic mass is 19.4. The summed E-state index contributed by atoms with van der Waals surface area (Å²) >= 11 is 0. The van der Waals surface area contributed by atoms with Crippen LogP contribution in [-0.4, -0.2) is 78.2 Å². The summed E-state index contributed by atoms with van der Waals surface area (Å²) in [5, 5.41) is 5.91. The van der Waals surface area contributed by atoms with Crippen LogP contribution < -0.4 is 14.8 Å². The minimum Gasteiger partial charge on any atom is -0.493 e. The first-order valence-electron chi connectivity index (χ1n) is 14.5. The molecular weight excluding hydrogens is 598 g/mol. The number of alkyl halides is 3. The van der Waals surface area contributed by atoms with Gasteiger partial charge in [-0.05, 0) is 31.4 Å². The van der Waals surface area contributed by atoms with Crippen LogP contribution in [0.25, 0.3) is 22.3 Å². The van der Waals surface area contributed by atoms with Crippen molar-refractivity contribution in [2.45, 2.75) is 43.9 Å². The van der Waals surface area contributed by atoms with Crippen molar-refractivity contribution in [1.29, 1.82) is 0 Å². The first-order chi connectivity index (χ1) is 21.5. The Morgan fingerprint density at radius 3 is 2.67 bits per heavy atom. The van der Waals surface area contributed by atoms with Gasteiger partial charge in [-0.1, -0.05) is 17.3 Å². The predicted octanol–water partition coefficient (Wildman–Crippen LogP) is 5.31. The first-order valence-corrected chi connectivity index (χ1v) is 14.5. The Labute approximate surface area is 255 Å². The second-order valence-corrected chi connectivity index (χ2v) is 11.3. The van der Waals surface area contributed by atoms with E-state index in [1.54, 1.807) is 18.2 Å². The van der Waals surface area contributed by atoms with Crippen molar-refractivity contribution >= 4 is 22.8 Å². The zero-order chi connectivity index (χ0) is 31.8. The van der Waals surface area contributed by atoms with E-state index >= 15 is 4.39 Å². The van der Waals surface area contributed by atoms with Gasteiger partial charge in [0.25, 0.3) is 0 Å². The Morgan fingerprint density at radius 1 is 1.16 bits per heavy atom. The van der Waals surface area contributed by atoms with Crippen LogP contribution in [0.3, 0.4) is 0 Å². The van der Waals surface area contributed by atoms with Gasteiger partial charge in [0.05, 0.1) is 49.2 Å². The molecule has 14 heteroatoms. The van der Waals surface area contributed by atoms with Crippen LogP contribution in [0.1, 0.15) is 31.1 Å². The second kappa shape index (κ2) is 12.2. The zero-order valence-corrected chi connectivity index (χ0v) is 24.6. The van der Waals surface area contributed by atoms with Gasteiger partial charge in [0.15, 0.2) is 23.1 Å². The van der Waals surface area contributed by atoms with Gasteiger partial charge in [-0.2, -0.15) is 13.2 Å². The number of benzene rings is 2. The number of fused-ring (bicyclic) bond motifs is 1. The van der Waals surface area contributed by atoms with E-state index in [2.05, 4.69) is 25.3 Å². The van der Waals surface area contributed by atoms with E-state index in [1.807, 2.05) is 6.92 Å². The number of morpholine rings is 1. The molecule has 1 aliphatic heterocycles. The van der Waals surface area contributed by atoms with E-state index in [0.717, 1.165) is 25.7 Å². The fourth-order valence-electron chi connectivity index (χ4n) is 5.37. The fourth-order valence-corrected chi connectivity index (χ4v) is 5.37. The molecular formula is C31H31F4N5O5. The van der Waals surface area contributed by atoms with Gasteiger partial charge in [0.1, 0.15) is 17.8 Å². The summed E-state index contributed by atoms with van der Waals surface area (Å²) < 4.78 is 77.0. The van der Waals surface area contributed by atoms with Crippen molar-refractivity contribution in [3.63, 3.8) is 0 Å². The van der Waals surface area contributed by atoms with Gasteiger partial charge in [0.2, 0.25) is 5.91 Å². The lowest BCUT2D eigenvalue weighted by Crippen LogP contribution is -2.42. The summed E-state index contributed by atoms with van der Waals surface area (Å²) in [5.74, 6) is -0.802. The standard InChI is InChI=1S/C31H31F4N5O5/c1-18-17-40(7-9-43-18)8-10-44-26-13-22-23(14-25(26)42-2)37-24(16-36-22)20-4-3-19(21(32)11-20)12-29(41)38-28-15-27(45-39-28)30(5-6-30)31(33,34)35/h3-4,11,13-16,18H,5-10,12,17H2,1-2H3,(H,38,39,41)/t18-/m0/s1. The van der Waals surface area contributed by atoms with Gasteiger partial charge in [-0.3, -0.25) is 14.7 Å². The van der Waals surface area contributed by atoms with Gasteiger partial charge in [0, 0.05) is 43.4 Å². The lowest BCUT2D eigenvalue weighted by molar-refractivity contribution is -0.165. The van der Waals surface area contributed by atoms with Gasteiger partial charge < -0.3 is 24.1 Å². The second-order valence-electron chi connectivity index (χ2n) is 11.3. The maximum absolute atomic E-state index is 15.1. The maximum atomic E-state index is 15.1. The zero-order valence-electron chi connectivity index (χ0n) is 24.6. The molecule has 2 aromatic carbocycles. The lowest BCUT2D eigenvalue weighted by atomic mass is 10.0. The number of aromatic nitrogens is 3. The van der Waals surface area contributed by atoms with E-state index in [0.29, 0.717) is 47.0 Å². The minimum absolute atomic E-state index is 0.0812. The van der Waals surface area contributed by atoms with E-state index in [1.165, 1.54) is 25.4 Å². The molecule has 0 bridgehead atoms. The molecule has 0 spiro atoms. The highest BCUT2D eigenvalue weighted by Gasteiger charge is 2.66. The molecule has 10 nitrogen and oxygen atoms in total. The molecule has 1 aliphatic carbocycles. The largest absolute Gasteiger partial charge is 0.493 e. The molecule has 2 fully saturated rings. The summed E-state index contributed by atoms with van der Waals surface area (Å²) in [4.78, 5) is 23.9. The minimum atomic E-state index is -4.47. The number of hydrogen-bond acceptors (Lipinski definition) is 9. The molecule has 1 saturated carbocycles. The SMILES string of the molecule is COc1cc2nc(-c3ccc(CC(=O)Nc4cc(C5(C(F)(F)F)CC5)on4)c(F)c3)cnc2cc1OCCN1CCO[C@@H](C)C1. The fraction of sp³-hybridized carbons (Fsp3) is 0.419. The molecule has 1 saturated heterocycles. The Bertz CT molecular complexity index is 1710. The Morgan fingerprint density at radius 2 is 1.96 bits per heavy atom. The first kappa shape index (κ1) is 30.7. The van der Waals surface area contributed by atoms with Crippen LogP contribution in [0.4, 0.5) is 23.4 Å². The summed E-state index contributed by atoms with van der Waals surface area (Å²) in [6, 6.07) is 8.82. The molecule has 1 N–H and O–H groups in total. The molecule has 1 atom stereocenters. The van der Waals surface area contributed by atoms with Crippen molar-refractivity contribution < 1.29 is 41.1 Å². The number of halogens is 4. The average Bonchev–Trinajstić information content (AvgIpc) is 3.71. The van der Waals surface area contributed by atoms with Crippen LogP contribution in [0.2, 0.25) is 0 Å². The molecule has 1 amide bonds. The Balaban J connectivity index is 1.10. The summed E-state index contributed by atoms with van der Waals surface area (Å²) in [7, 11) is 1.53. The number of carbonyl (C=O) groups is 1. The number of carbonyl (C=O) groups excluding carboxylic acids is 1. The molecule has 0 unspecified atom stereocenters. The molecule has 2 aromatic heterocycles. The Hall–Kier alpha value is -4.30. The average molecular weight is 630 g/mol. The van der Waals surface area contributed by atoms with Crippen molar-refractivity contribution in [2.75, 3.05) is 45.3 Å². The van der Waals surface area contributed by atoms with E-state index in [9.17, 15) is 18.0 Å². The van der Waals surface area contributed by atoms with Crippen LogP contribution in [-0.2, 0) is 21.4 Å². The highest BCUT2D eigenvalue weighted by Crippen LogP contribution is 2.59. The van der Waals surface area contributed by atoms with Gasteiger partial charge >= 0.3 is 6.18 Å². The number of hydrogen-bond donors (Lipinski definition) is 1. The summed E-state index contributed by atoms with van der Waals surface area (Å²) in [6.07, 6.45) is -3.34. The third kappa shape index (κ3) is 6.57. The van der Waals surface area contributed by atoms with E-state index in [4.69, 9.17) is 18.7 Å². The van der Waals surface area contributed by atoms with Crippen LogP contribution in [0.15, 0.2) is 47.1 Å². The number of nitrogens with zero attached hydrogens (tertiary/aromatic N) is 4. The Kier molecular flexibility index (Phi) is 8.35. The quantitative estimate of drug-likeness (QED) is 0.234. The van der Waals surface area contributed by atoms with Crippen molar-refractivity contribution in [2.24, 2.45) is 0 Å². The molecule has 3 heterocycles. The normalized spacial score (nSPS) is 18.1. The molecule has 238 valence electrons. The lowest BCUT2D eigenvalue weighted by Gasteiger charge is -2.30. The smallest absolute Gasteiger partial charge is 0.401 e. The summed E-state index contributed by atoms with van der Waals surface area (Å²) in [6.45, 7) is 5.64. The number of methoxy groups -OCH3 is 1. The predicted molar refractivity (Wildman–Crippen MR) is 155 cm³/mol. The molecule has 2 aliphatic rings. The summed E-state index contributed by atoms with van der Waals surface area (Å²) in [5.41, 5.74) is -0.0377. The number of nitrogens with one attached hydrogen (secondary N) is 1. The number of rotatable bonds is 10. The number of anilines is 1. The van der Waals surface area contributed by atoms with Crippen molar-refractivity contribution in [1.82, 2.24) is 20.0 Å². The maximum Gasteiger partial charge on any atom is 0.401 e.